The van der Waals surface area contributed by atoms with E-state index in [0.717, 1.165) is 49.7 Å². The number of hydrogen-bond acceptors (Lipinski definition) is 4. The van der Waals surface area contributed by atoms with Crippen molar-refractivity contribution in [3.8, 4) is 0 Å². The Morgan fingerprint density at radius 3 is 2.95 bits per heavy atom. The average Bonchev–Trinajstić information content (AvgIpc) is 3.30. The van der Waals surface area contributed by atoms with Gasteiger partial charge in [-0.1, -0.05) is 24.3 Å². The van der Waals surface area contributed by atoms with Crippen LogP contribution in [0.25, 0.3) is 0 Å². The molecule has 0 atom stereocenters. The smallest absolute Gasteiger partial charge is 0.229 e. The Bertz CT molecular complexity index is 693. The van der Waals surface area contributed by atoms with Gasteiger partial charge >= 0.3 is 0 Å². The molecule has 1 fully saturated rings. The van der Waals surface area contributed by atoms with Crippen molar-refractivity contribution in [2.45, 2.75) is 32.4 Å². The zero-order valence-corrected chi connectivity index (χ0v) is 13.2. The summed E-state index contributed by atoms with van der Waals surface area (Å²) in [7, 11) is 0. The van der Waals surface area contributed by atoms with Gasteiger partial charge in [-0.05, 0) is 30.4 Å². The molecule has 4 nitrogen and oxygen atoms in total. The van der Waals surface area contributed by atoms with E-state index in [9.17, 15) is 4.79 Å². The number of nitrogens with zero attached hydrogens (tertiary/aromatic N) is 2. The lowest BCUT2D eigenvalue weighted by molar-refractivity contribution is -0.117. The number of aromatic nitrogens is 1. The highest BCUT2D eigenvalue weighted by molar-refractivity contribution is 7.13. The van der Waals surface area contributed by atoms with Gasteiger partial charge < -0.3 is 5.32 Å². The molecule has 4 rings (SSSR count). The third kappa shape index (κ3) is 3.05. The van der Waals surface area contributed by atoms with E-state index < -0.39 is 0 Å². The van der Waals surface area contributed by atoms with Gasteiger partial charge in [0, 0.05) is 30.9 Å². The van der Waals surface area contributed by atoms with Crippen LogP contribution in [0.3, 0.4) is 0 Å². The Kier molecular flexibility index (Phi) is 3.68. The standard InChI is InChI=1S/C17H19N3OS/c21-16(13-5-6-13)19-17-18-15(11-22-17)10-20-8-7-12-3-1-2-4-14(12)9-20/h1-4,11,13H,5-10H2,(H,18,19,21). The van der Waals surface area contributed by atoms with Crippen molar-refractivity contribution in [3.05, 3.63) is 46.5 Å². The van der Waals surface area contributed by atoms with Crippen LogP contribution in [0, 0.1) is 5.92 Å². The Morgan fingerprint density at radius 2 is 2.14 bits per heavy atom. The van der Waals surface area contributed by atoms with Crippen LogP contribution in [0.5, 0.6) is 0 Å². The first-order chi connectivity index (χ1) is 10.8. The van der Waals surface area contributed by atoms with Gasteiger partial charge in [0.25, 0.3) is 0 Å². The number of rotatable bonds is 4. The molecule has 0 unspecified atom stereocenters. The minimum Gasteiger partial charge on any atom is -0.302 e. The van der Waals surface area contributed by atoms with E-state index in [1.54, 1.807) is 0 Å². The van der Waals surface area contributed by atoms with Gasteiger partial charge in [0.1, 0.15) is 0 Å². The highest BCUT2D eigenvalue weighted by atomic mass is 32.1. The molecule has 22 heavy (non-hydrogen) atoms. The summed E-state index contributed by atoms with van der Waals surface area (Å²) < 4.78 is 0. The van der Waals surface area contributed by atoms with Crippen LogP contribution in [0.4, 0.5) is 5.13 Å². The van der Waals surface area contributed by atoms with Crippen molar-refractivity contribution < 1.29 is 4.79 Å². The molecule has 2 aliphatic rings. The summed E-state index contributed by atoms with van der Waals surface area (Å²) in [4.78, 5) is 18.7. The summed E-state index contributed by atoms with van der Waals surface area (Å²) in [5.74, 6) is 0.360. The van der Waals surface area contributed by atoms with Gasteiger partial charge in [0.05, 0.1) is 5.69 Å². The minimum atomic E-state index is 0.132. The fraction of sp³-hybridized carbons (Fsp3) is 0.412. The number of carbonyl (C=O) groups is 1. The number of hydrogen-bond donors (Lipinski definition) is 1. The molecule has 2 heterocycles. The van der Waals surface area contributed by atoms with Crippen molar-refractivity contribution in [2.75, 3.05) is 11.9 Å². The van der Waals surface area contributed by atoms with E-state index in [-0.39, 0.29) is 11.8 Å². The van der Waals surface area contributed by atoms with Gasteiger partial charge in [0.15, 0.2) is 5.13 Å². The number of thiazole rings is 1. The van der Waals surface area contributed by atoms with Crippen molar-refractivity contribution in [1.29, 1.82) is 0 Å². The quantitative estimate of drug-likeness (QED) is 0.943. The van der Waals surface area contributed by atoms with Crippen LogP contribution < -0.4 is 5.32 Å². The van der Waals surface area contributed by atoms with Gasteiger partial charge in [-0.2, -0.15) is 0 Å². The van der Waals surface area contributed by atoms with E-state index in [4.69, 9.17) is 0 Å². The number of carbonyl (C=O) groups excluding carboxylic acids is 1. The predicted molar refractivity (Wildman–Crippen MR) is 87.7 cm³/mol. The Balaban J connectivity index is 1.38. The average molecular weight is 313 g/mol. The van der Waals surface area contributed by atoms with Crippen molar-refractivity contribution in [1.82, 2.24) is 9.88 Å². The minimum absolute atomic E-state index is 0.132. The van der Waals surface area contributed by atoms with E-state index in [1.807, 2.05) is 0 Å². The second-order valence-electron chi connectivity index (χ2n) is 6.14. The zero-order chi connectivity index (χ0) is 14.9. The normalized spacial score (nSPS) is 18.0. The molecule has 5 heteroatoms. The second kappa shape index (κ2) is 5.82. The monoisotopic (exact) mass is 313 g/mol. The molecule has 1 N–H and O–H groups in total. The molecule has 0 saturated heterocycles. The summed E-state index contributed by atoms with van der Waals surface area (Å²) >= 11 is 1.53. The molecule has 0 radical (unpaired) electrons. The molecule has 1 aromatic heterocycles. The summed E-state index contributed by atoms with van der Waals surface area (Å²) in [6.07, 6.45) is 3.15. The highest BCUT2D eigenvalue weighted by Crippen LogP contribution is 2.30. The number of amides is 1. The summed E-state index contributed by atoms with van der Waals surface area (Å²) in [5.41, 5.74) is 3.94. The molecule has 0 bridgehead atoms. The molecule has 1 amide bonds. The van der Waals surface area contributed by atoms with Gasteiger partial charge in [-0.15, -0.1) is 11.3 Å². The van der Waals surface area contributed by atoms with E-state index in [2.05, 4.69) is 44.8 Å². The number of nitrogens with one attached hydrogen (secondary N) is 1. The maximum atomic E-state index is 11.8. The van der Waals surface area contributed by atoms with Gasteiger partial charge in [0.2, 0.25) is 5.91 Å². The molecule has 1 aliphatic heterocycles. The van der Waals surface area contributed by atoms with Crippen molar-refractivity contribution >= 4 is 22.4 Å². The van der Waals surface area contributed by atoms with Crippen LogP contribution in [0.2, 0.25) is 0 Å². The van der Waals surface area contributed by atoms with Crippen LogP contribution in [0.1, 0.15) is 29.7 Å². The lowest BCUT2D eigenvalue weighted by Gasteiger charge is -2.27. The van der Waals surface area contributed by atoms with Crippen LogP contribution in [-0.4, -0.2) is 22.3 Å². The fourth-order valence-corrected chi connectivity index (χ4v) is 3.61. The Hall–Kier alpha value is -1.72. The molecule has 0 spiro atoms. The Morgan fingerprint density at radius 1 is 1.32 bits per heavy atom. The predicted octanol–water partition coefficient (Wildman–Crippen LogP) is 3.05. The number of benzene rings is 1. The van der Waals surface area contributed by atoms with E-state index >= 15 is 0 Å². The fourth-order valence-electron chi connectivity index (χ4n) is 2.91. The molecule has 2 aromatic rings. The molecular weight excluding hydrogens is 294 g/mol. The maximum absolute atomic E-state index is 11.8. The summed E-state index contributed by atoms with van der Waals surface area (Å²) in [5, 5.41) is 5.73. The SMILES string of the molecule is O=C(Nc1nc(CN2CCc3ccccc3C2)cs1)C1CC1. The van der Waals surface area contributed by atoms with Crippen molar-refractivity contribution in [3.63, 3.8) is 0 Å². The zero-order valence-electron chi connectivity index (χ0n) is 12.4. The Labute approximate surface area is 134 Å². The van der Waals surface area contributed by atoms with Crippen LogP contribution in [-0.2, 0) is 24.3 Å². The maximum Gasteiger partial charge on any atom is 0.229 e. The van der Waals surface area contributed by atoms with E-state index in [0.29, 0.717) is 0 Å². The second-order valence-corrected chi connectivity index (χ2v) is 6.99. The third-order valence-electron chi connectivity index (χ3n) is 4.33. The summed E-state index contributed by atoms with van der Waals surface area (Å²) in [6.45, 7) is 2.90. The lowest BCUT2D eigenvalue weighted by Crippen LogP contribution is -2.30. The largest absolute Gasteiger partial charge is 0.302 e. The first kappa shape index (κ1) is 13.9. The molecule has 1 aliphatic carbocycles. The van der Waals surface area contributed by atoms with Crippen molar-refractivity contribution in [2.24, 2.45) is 5.92 Å². The van der Waals surface area contributed by atoms with Crippen LogP contribution in [0.15, 0.2) is 29.6 Å². The first-order valence-electron chi connectivity index (χ1n) is 7.82. The first-order valence-corrected chi connectivity index (χ1v) is 8.70. The number of anilines is 1. The highest BCUT2D eigenvalue weighted by Gasteiger charge is 2.30. The molecule has 114 valence electrons. The third-order valence-corrected chi connectivity index (χ3v) is 5.13. The van der Waals surface area contributed by atoms with Crippen LogP contribution >= 0.6 is 11.3 Å². The van der Waals surface area contributed by atoms with Gasteiger partial charge in [-0.25, -0.2) is 4.98 Å². The molecule has 1 saturated carbocycles. The number of fused-ring (bicyclic) bond motifs is 1. The topological polar surface area (TPSA) is 45.2 Å². The molecular formula is C17H19N3OS. The van der Waals surface area contributed by atoms with E-state index in [1.165, 1.54) is 22.5 Å². The lowest BCUT2D eigenvalue weighted by atomic mass is 10.00. The van der Waals surface area contributed by atoms with Gasteiger partial charge in [-0.3, -0.25) is 9.69 Å². The molecule has 1 aromatic carbocycles. The summed E-state index contributed by atoms with van der Waals surface area (Å²) in [6, 6.07) is 8.66.